The topological polar surface area (TPSA) is 93.4 Å². The monoisotopic (exact) mass is 394 g/mol. The van der Waals surface area contributed by atoms with E-state index in [1.54, 1.807) is 19.9 Å². The number of carbonyl (C=O) groups excluding carboxylic acids is 1. The van der Waals surface area contributed by atoms with Crippen LogP contribution in [0.3, 0.4) is 0 Å². The van der Waals surface area contributed by atoms with Crippen LogP contribution in [0.25, 0.3) is 5.65 Å². The van der Waals surface area contributed by atoms with E-state index >= 15 is 0 Å². The molecule has 0 saturated heterocycles. The van der Waals surface area contributed by atoms with Crippen molar-refractivity contribution < 1.29 is 22.7 Å². The van der Waals surface area contributed by atoms with Gasteiger partial charge >= 0.3 is 12.3 Å². The zero-order valence-corrected chi connectivity index (χ0v) is 15.0. The Hall–Kier alpha value is -3.37. The first kappa shape index (κ1) is 19.4. The minimum absolute atomic E-state index is 0.0988. The molecule has 0 fully saturated rings. The maximum atomic E-state index is 12.8. The van der Waals surface area contributed by atoms with Crippen molar-refractivity contribution in [2.45, 2.75) is 32.7 Å². The minimum atomic E-state index is -4.41. The van der Waals surface area contributed by atoms with Crippen molar-refractivity contribution in [3.8, 4) is 0 Å². The second kappa shape index (κ2) is 7.71. The molecule has 1 aromatic carbocycles. The van der Waals surface area contributed by atoms with Crippen LogP contribution in [0.15, 0.2) is 36.7 Å². The maximum absolute atomic E-state index is 12.8. The molecule has 2 aromatic heterocycles. The van der Waals surface area contributed by atoms with Gasteiger partial charge in [-0.1, -0.05) is 12.1 Å². The number of nitrogens with one attached hydrogen (secondary N) is 2. The first-order valence-corrected chi connectivity index (χ1v) is 8.31. The van der Waals surface area contributed by atoms with Gasteiger partial charge in [-0.05, 0) is 31.5 Å². The fourth-order valence-corrected chi connectivity index (χ4v) is 2.41. The number of rotatable bonds is 5. The van der Waals surface area contributed by atoms with Gasteiger partial charge in [-0.2, -0.15) is 13.2 Å². The zero-order valence-electron chi connectivity index (χ0n) is 15.0. The summed E-state index contributed by atoms with van der Waals surface area (Å²) >= 11 is 0. The second-order valence-electron chi connectivity index (χ2n) is 6.12. The number of benzene rings is 1. The Balaban J connectivity index is 1.77. The molecule has 3 rings (SSSR count). The number of aromatic nitrogens is 4. The summed E-state index contributed by atoms with van der Waals surface area (Å²) in [5.74, 6) is 0.433. The first-order valence-electron chi connectivity index (χ1n) is 8.31. The number of fused-ring (bicyclic) bond motifs is 1. The second-order valence-corrected chi connectivity index (χ2v) is 6.12. The average molecular weight is 394 g/mol. The van der Waals surface area contributed by atoms with E-state index in [2.05, 4.69) is 25.8 Å². The number of carbonyl (C=O) groups is 1. The lowest BCUT2D eigenvalue weighted by Gasteiger charge is -2.10. The van der Waals surface area contributed by atoms with E-state index in [9.17, 15) is 18.0 Å². The highest BCUT2D eigenvalue weighted by molar-refractivity contribution is 5.83. The molecule has 3 aromatic rings. The van der Waals surface area contributed by atoms with E-state index in [1.807, 2.05) is 0 Å². The van der Waals surface area contributed by atoms with Crippen LogP contribution in [0.1, 0.15) is 25.0 Å². The Bertz CT molecular complexity index is 986. The summed E-state index contributed by atoms with van der Waals surface area (Å²) in [5, 5.41) is 13.2. The van der Waals surface area contributed by atoms with Crippen LogP contribution in [-0.2, 0) is 17.5 Å². The number of halogens is 3. The Morgan fingerprint density at radius 2 is 2.07 bits per heavy atom. The first-order chi connectivity index (χ1) is 13.2. The fourth-order valence-electron chi connectivity index (χ4n) is 2.41. The summed E-state index contributed by atoms with van der Waals surface area (Å²) < 4.78 is 44.9. The Morgan fingerprint density at radius 3 is 2.79 bits per heavy atom. The molecule has 0 aliphatic heterocycles. The van der Waals surface area contributed by atoms with E-state index in [-0.39, 0.29) is 18.6 Å². The highest BCUT2D eigenvalue weighted by atomic mass is 19.4. The molecule has 8 nitrogen and oxygen atoms in total. The van der Waals surface area contributed by atoms with E-state index < -0.39 is 17.8 Å². The van der Waals surface area contributed by atoms with Crippen LogP contribution < -0.4 is 10.6 Å². The van der Waals surface area contributed by atoms with E-state index in [0.717, 1.165) is 12.1 Å². The third kappa shape index (κ3) is 4.48. The van der Waals surface area contributed by atoms with Crippen molar-refractivity contribution >= 4 is 23.5 Å². The number of hydrogen-bond acceptors (Lipinski definition) is 6. The number of alkyl halides is 3. The molecule has 0 atom stereocenters. The molecule has 1 amide bonds. The molecule has 0 spiro atoms. The number of hydrogen-bond donors (Lipinski definition) is 2. The predicted octanol–water partition coefficient (Wildman–Crippen LogP) is 3.71. The summed E-state index contributed by atoms with van der Waals surface area (Å²) in [6.45, 7) is 3.52. The molecule has 0 aliphatic rings. The number of anilines is 2. The molecule has 0 bridgehead atoms. The predicted molar refractivity (Wildman–Crippen MR) is 94.8 cm³/mol. The summed E-state index contributed by atoms with van der Waals surface area (Å²) in [7, 11) is 0. The van der Waals surface area contributed by atoms with Crippen LogP contribution in [0.5, 0.6) is 0 Å². The van der Waals surface area contributed by atoms with Crippen molar-refractivity contribution in [1.82, 2.24) is 19.6 Å². The normalized spacial score (nSPS) is 11.6. The minimum Gasteiger partial charge on any atom is -0.447 e. The quantitative estimate of drug-likeness (QED) is 0.685. The summed E-state index contributed by atoms with van der Waals surface area (Å²) in [6.07, 6.45) is -2.41. The highest BCUT2D eigenvalue weighted by Crippen LogP contribution is 2.29. The standard InChI is InChI=1S/C17H17F3N6O2/c1-10(2)28-16(27)23-15-25-24-14-13(21-6-7-26(14)15)22-9-11-4-3-5-12(8-11)17(18,19)20/h3-8,10H,9H2,1-2H3,(H,21,22)(H,23,25,27). The SMILES string of the molecule is CC(C)OC(=O)Nc1nnc2c(NCc3cccc(C(F)(F)F)c3)nccn12. The van der Waals surface area contributed by atoms with Gasteiger partial charge < -0.3 is 10.1 Å². The molecule has 0 unspecified atom stereocenters. The summed E-state index contributed by atoms with van der Waals surface area (Å²) in [4.78, 5) is 15.9. The fraction of sp³-hybridized carbons (Fsp3) is 0.294. The van der Waals surface area contributed by atoms with Gasteiger partial charge in [-0.25, -0.2) is 9.78 Å². The van der Waals surface area contributed by atoms with E-state index in [4.69, 9.17) is 4.74 Å². The Labute approximate surface area is 157 Å². The summed E-state index contributed by atoms with van der Waals surface area (Å²) in [5.41, 5.74) is 0.00178. The summed E-state index contributed by atoms with van der Waals surface area (Å²) in [6, 6.07) is 4.98. The van der Waals surface area contributed by atoms with Crippen LogP contribution >= 0.6 is 0 Å². The lowest BCUT2D eigenvalue weighted by molar-refractivity contribution is -0.137. The molecule has 0 aliphatic carbocycles. The van der Waals surface area contributed by atoms with Gasteiger partial charge in [-0.15, -0.1) is 10.2 Å². The van der Waals surface area contributed by atoms with Crippen molar-refractivity contribution in [1.29, 1.82) is 0 Å². The van der Waals surface area contributed by atoms with Gasteiger partial charge in [0.15, 0.2) is 5.82 Å². The van der Waals surface area contributed by atoms with Crippen molar-refractivity contribution in [2.24, 2.45) is 0 Å². The third-order valence-corrected chi connectivity index (χ3v) is 3.60. The van der Waals surface area contributed by atoms with Crippen molar-refractivity contribution in [2.75, 3.05) is 10.6 Å². The van der Waals surface area contributed by atoms with Crippen LogP contribution in [0.2, 0.25) is 0 Å². The largest absolute Gasteiger partial charge is 0.447 e. The van der Waals surface area contributed by atoms with Crippen LogP contribution in [0.4, 0.5) is 29.7 Å². The van der Waals surface area contributed by atoms with Crippen LogP contribution in [-0.4, -0.2) is 31.8 Å². The molecule has 28 heavy (non-hydrogen) atoms. The van der Waals surface area contributed by atoms with Crippen molar-refractivity contribution in [3.63, 3.8) is 0 Å². The smallest absolute Gasteiger partial charge is 0.416 e. The molecule has 0 radical (unpaired) electrons. The van der Waals surface area contributed by atoms with Gasteiger partial charge in [0.1, 0.15) is 0 Å². The van der Waals surface area contributed by atoms with Crippen LogP contribution in [0, 0.1) is 0 Å². The van der Waals surface area contributed by atoms with Gasteiger partial charge in [0.25, 0.3) is 0 Å². The Morgan fingerprint density at radius 1 is 1.29 bits per heavy atom. The Kier molecular flexibility index (Phi) is 5.34. The van der Waals surface area contributed by atoms with Gasteiger partial charge in [0.05, 0.1) is 11.7 Å². The lowest BCUT2D eigenvalue weighted by Crippen LogP contribution is -2.19. The van der Waals surface area contributed by atoms with Gasteiger partial charge in [0.2, 0.25) is 11.6 Å². The van der Waals surface area contributed by atoms with Gasteiger partial charge in [-0.3, -0.25) is 9.72 Å². The molecule has 2 N–H and O–H groups in total. The van der Waals surface area contributed by atoms with E-state index in [1.165, 1.54) is 22.9 Å². The molecule has 148 valence electrons. The molecular weight excluding hydrogens is 377 g/mol. The van der Waals surface area contributed by atoms with Crippen molar-refractivity contribution in [3.05, 3.63) is 47.8 Å². The van der Waals surface area contributed by atoms with Gasteiger partial charge in [0, 0.05) is 18.9 Å². The highest BCUT2D eigenvalue weighted by Gasteiger charge is 2.30. The average Bonchev–Trinajstić information content (AvgIpc) is 3.02. The molecule has 2 heterocycles. The number of amides is 1. The van der Waals surface area contributed by atoms with E-state index in [0.29, 0.717) is 17.0 Å². The number of nitrogens with zero attached hydrogens (tertiary/aromatic N) is 4. The maximum Gasteiger partial charge on any atom is 0.416 e. The number of ether oxygens (including phenoxy) is 1. The molecule has 0 saturated carbocycles. The molecule has 11 heteroatoms. The third-order valence-electron chi connectivity index (χ3n) is 3.60. The molecular formula is C17H17F3N6O2. The zero-order chi connectivity index (χ0) is 20.3. The lowest BCUT2D eigenvalue weighted by atomic mass is 10.1.